The first-order chi connectivity index (χ1) is 10.6. The van der Waals surface area contributed by atoms with Crippen LogP contribution >= 0.6 is 0 Å². The van der Waals surface area contributed by atoms with Gasteiger partial charge >= 0.3 is 0 Å². The number of hydrogen-bond acceptors (Lipinski definition) is 4. The van der Waals surface area contributed by atoms with E-state index in [2.05, 4.69) is 0 Å². The molecule has 5 heteroatoms. The fourth-order valence-electron chi connectivity index (χ4n) is 2.61. The van der Waals surface area contributed by atoms with Crippen molar-refractivity contribution in [3.8, 4) is 11.5 Å². The molecule has 0 aliphatic carbocycles. The van der Waals surface area contributed by atoms with Crippen LogP contribution in [0.3, 0.4) is 0 Å². The van der Waals surface area contributed by atoms with Gasteiger partial charge in [0.25, 0.3) is 0 Å². The van der Waals surface area contributed by atoms with Crippen molar-refractivity contribution in [2.24, 2.45) is 5.92 Å². The Morgan fingerprint density at radius 3 is 2.36 bits per heavy atom. The smallest absolute Gasteiger partial charge is 0.233 e. The van der Waals surface area contributed by atoms with Gasteiger partial charge in [-0.25, -0.2) is 0 Å². The highest BCUT2D eigenvalue weighted by molar-refractivity contribution is 6.03. The second-order valence-electron chi connectivity index (χ2n) is 5.27. The molecule has 0 bridgehead atoms. The van der Waals surface area contributed by atoms with E-state index >= 15 is 0 Å². The number of hydrogen-bond donors (Lipinski definition) is 0. The number of nitrogens with zero attached hydrogens (tertiary/aromatic N) is 1. The Morgan fingerprint density at radius 1 is 1.09 bits per heavy atom. The van der Waals surface area contributed by atoms with Gasteiger partial charge in [-0.2, -0.15) is 0 Å². The summed E-state index contributed by atoms with van der Waals surface area (Å²) in [6, 6.07) is 5.54. The predicted octanol–water partition coefficient (Wildman–Crippen LogP) is 2.77. The molecule has 5 nitrogen and oxygen atoms in total. The summed E-state index contributed by atoms with van der Waals surface area (Å²) in [5.74, 6) is 0.996. The number of carbonyl (C=O) groups excluding carboxylic acids is 2. The molecule has 22 heavy (non-hydrogen) atoms. The van der Waals surface area contributed by atoms with Gasteiger partial charge in [-0.05, 0) is 38.0 Å². The lowest BCUT2D eigenvalue weighted by Crippen LogP contribution is -2.30. The summed E-state index contributed by atoms with van der Waals surface area (Å²) in [6.45, 7) is 7.13. The van der Waals surface area contributed by atoms with Crippen molar-refractivity contribution in [2.75, 3.05) is 13.2 Å². The molecular weight excluding hydrogens is 282 g/mol. The van der Waals surface area contributed by atoms with E-state index in [4.69, 9.17) is 9.47 Å². The Bertz CT molecular complexity index is 556. The van der Waals surface area contributed by atoms with Crippen molar-refractivity contribution in [2.45, 2.75) is 40.2 Å². The average Bonchev–Trinajstić information content (AvgIpc) is 2.77. The third-order valence-corrected chi connectivity index (χ3v) is 3.78. The van der Waals surface area contributed by atoms with Crippen LogP contribution in [-0.2, 0) is 16.1 Å². The second kappa shape index (κ2) is 7.29. The molecule has 1 saturated heterocycles. The Morgan fingerprint density at radius 2 is 1.77 bits per heavy atom. The van der Waals surface area contributed by atoms with Gasteiger partial charge in [0.1, 0.15) is 0 Å². The van der Waals surface area contributed by atoms with E-state index in [9.17, 15) is 9.59 Å². The zero-order valence-corrected chi connectivity index (χ0v) is 13.4. The number of amides is 2. The van der Waals surface area contributed by atoms with Crippen LogP contribution in [0.1, 0.15) is 39.2 Å². The van der Waals surface area contributed by atoms with Gasteiger partial charge in [0.2, 0.25) is 11.8 Å². The summed E-state index contributed by atoms with van der Waals surface area (Å²) in [4.78, 5) is 25.5. The minimum atomic E-state index is -0.165. The lowest BCUT2D eigenvalue weighted by molar-refractivity contribution is -0.140. The van der Waals surface area contributed by atoms with Crippen molar-refractivity contribution >= 4 is 11.8 Å². The summed E-state index contributed by atoms with van der Waals surface area (Å²) in [5, 5.41) is 0. The fraction of sp³-hybridized carbons (Fsp3) is 0.529. The highest BCUT2D eigenvalue weighted by atomic mass is 16.5. The van der Waals surface area contributed by atoms with Crippen LogP contribution in [0.25, 0.3) is 0 Å². The van der Waals surface area contributed by atoms with Crippen molar-refractivity contribution in [3.05, 3.63) is 23.8 Å². The molecule has 0 saturated carbocycles. The van der Waals surface area contributed by atoms with Gasteiger partial charge in [-0.1, -0.05) is 13.0 Å². The monoisotopic (exact) mass is 305 g/mol. The van der Waals surface area contributed by atoms with Gasteiger partial charge in [0.05, 0.1) is 19.8 Å². The van der Waals surface area contributed by atoms with Crippen LogP contribution in [0.15, 0.2) is 18.2 Å². The zero-order chi connectivity index (χ0) is 16.1. The topological polar surface area (TPSA) is 55.8 Å². The van der Waals surface area contributed by atoms with E-state index < -0.39 is 0 Å². The van der Waals surface area contributed by atoms with E-state index in [1.807, 2.05) is 39.0 Å². The van der Waals surface area contributed by atoms with Crippen LogP contribution in [0.5, 0.6) is 11.5 Å². The van der Waals surface area contributed by atoms with Crippen molar-refractivity contribution < 1.29 is 19.1 Å². The molecule has 1 unspecified atom stereocenters. The second-order valence-corrected chi connectivity index (χ2v) is 5.27. The number of likely N-dealkylation sites (tertiary alicyclic amines) is 1. The number of benzene rings is 1. The van der Waals surface area contributed by atoms with E-state index in [0.29, 0.717) is 44.1 Å². The Hall–Kier alpha value is -2.04. The van der Waals surface area contributed by atoms with E-state index in [0.717, 1.165) is 5.56 Å². The molecule has 1 aliphatic rings. The molecule has 1 fully saturated rings. The molecule has 120 valence electrons. The number of rotatable bonds is 7. The van der Waals surface area contributed by atoms with Crippen molar-refractivity contribution in [1.82, 2.24) is 4.90 Å². The van der Waals surface area contributed by atoms with Crippen LogP contribution in [0.4, 0.5) is 0 Å². The molecule has 0 radical (unpaired) electrons. The quantitative estimate of drug-likeness (QED) is 0.727. The Kier molecular flexibility index (Phi) is 5.41. The van der Waals surface area contributed by atoms with Gasteiger partial charge < -0.3 is 9.47 Å². The molecule has 0 aromatic heterocycles. The standard InChI is InChI=1S/C17H23NO4/c1-4-13-10-16(19)18(17(13)20)11-12-7-8-14(21-5-2)15(9-12)22-6-3/h7-9,13H,4-6,10-11H2,1-3H3. The minimum absolute atomic E-state index is 0.0701. The highest BCUT2D eigenvalue weighted by Crippen LogP contribution is 2.30. The van der Waals surface area contributed by atoms with Gasteiger partial charge in [-0.3, -0.25) is 14.5 Å². The number of imide groups is 1. The zero-order valence-electron chi connectivity index (χ0n) is 13.4. The third kappa shape index (κ3) is 3.40. The maximum absolute atomic E-state index is 12.2. The lowest BCUT2D eigenvalue weighted by Gasteiger charge is -2.17. The summed E-state index contributed by atoms with van der Waals surface area (Å²) < 4.78 is 11.1. The van der Waals surface area contributed by atoms with Gasteiger partial charge in [0.15, 0.2) is 11.5 Å². The van der Waals surface area contributed by atoms with Crippen molar-refractivity contribution in [1.29, 1.82) is 0 Å². The predicted molar refractivity (Wildman–Crippen MR) is 82.7 cm³/mol. The van der Waals surface area contributed by atoms with Crippen LogP contribution in [-0.4, -0.2) is 29.9 Å². The normalized spacial score (nSPS) is 18.0. The first kappa shape index (κ1) is 16.3. The highest BCUT2D eigenvalue weighted by Gasteiger charge is 2.37. The Labute approximate surface area is 131 Å². The molecular formula is C17H23NO4. The molecule has 1 aliphatic heterocycles. The van der Waals surface area contributed by atoms with E-state index in [-0.39, 0.29) is 17.7 Å². The SMILES string of the molecule is CCOc1ccc(CN2C(=O)CC(CC)C2=O)cc1OCC. The molecule has 2 rings (SSSR count). The maximum Gasteiger partial charge on any atom is 0.233 e. The Balaban J connectivity index is 2.17. The summed E-state index contributed by atoms with van der Waals surface area (Å²) in [6.07, 6.45) is 1.03. The van der Waals surface area contributed by atoms with E-state index in [1.165, 1.54) is 4.90 Å². The number of ether oxygens (including phenoxy) is 2. The molecule has 1 heterocycles. The van der Waals surface area contributed by atoms with E-state index in [1.54, 1.807) is 0 Å². The summed E-state index contributed by atoms with van der Waals surface area (Å²) in [7, 11) is 0. The van der Waals surface area contributed by atoms with Gasteiger partial charge in [0, 0.05) is 12.3 Å². The maximum atomic E-state index is 12.2. The summed E-state index contributed by atoms with van der Waals surface area (Å²) in [5.41, 5.74) is 0.866. The molecule has 2 amide bonds. The molecule has 1 aromatic rings. The minimum Gasteiger partial charge on any atom is -0.490 e. The first-order valence-corrected chi connectivity index (χ1v) is 7.83. The molecule has 0 N–H and O–H groups in total. The van der Waals surface area contributed by atoms with Crippen LogP contribution in [0.2, 0.25) is 0 Å². The average molecular weight is 305 g/mol. The number of carbonyl (C=O) groups is 2. The molecule has 1 aromatic carbocycles. The van der Waals surface area contributed by atoms with Crippen LogP contribution < -0.4 is 9.47 Å². The molecule has 1 atom stereocenters. The fourth-order valence-corrected chi connectivity index (χ4v) is 2.61. The van der Waals surface area contributed by atoms with Gasteiger partial charge in [-0.15, -0.1) is 0 Å². The first-order valence-electron chi connectivity index (χ1n) is 7.83. The third-order valence-electron chi connectivity index (χ3n) is 3.78. The van der Waals surface area contributed by atoms with Crippen molar-refractivity contribution in [3.63, 3.8) is 0 Å². The molecule has 0 spiro atoms. The van der Waals surface area contributed by atoms with Crippen LogP contribution in [0, 0.1) is 5.92 Å². The largest absolute Gasteiger partial charge is 0.490 e. The lowest BCUT2D eigenvalue weighted by atomic mass is 10.1. The summed E-state index contributed by atoms with van der Waals surface area (Å²) >= 11 is 0.